The number of hydrogen-bond acceptors (Lipinski definition) is 3. The number of carbonyl (C=O) groups excluding carboxylic acids is 1. The Labute approximate surface area is 145 Å². The highest BCUT2D eigenvalue weighted by molar-refractivity contribution is 5.80. The predicted octanol–water partition coefficient (Wildman–Crippen LogP) is 4.83. The number of fused-ring (bicyclic) bond motifs is 2. The van der Waals surface area contributed by atoms with Crippen LogP contribution in [0.15, 0.2) is 30.3 Å². The van der Waals surface area contributed by atoms with Crippen LogP contribution in [0.3, 0.4) is 0 Å². The fourth-order valence-electron chi connectivity index (χ4n) is 3.88. The zero-order chi connectivity index (χ0) is 17.4. The smallest absolute Gasteiger partial charge is 0.158 e. The zero-order valence-corrected chi connectivity index (χ0v) is 15.3. The monoisotopic (exact) mass is 327 g/mol. The molecule has 0 unspecified atom stereocenters. The summed E-state index contributed by atoms with van der Waals surface area (Å²) in [6.07, 6.45) is 7.91. The Balaban J connectivity index is 1.99. The third kappa shape index (κ3) is 3.56. The molecule has 0 radical (unpaired) electrons. The molecule has 1 aromatic carbocycles. The number of benzene rings is 1. The molecule has 1 fully saturated rings. The topological polar surface area (TPSA) is 38.3 Å². The van der Waals surface area contributed by atoms with E-state index < -0.39 is 0 Å². The first-order chi connectivity index (χ1) is 11.3. The van der Waals surface area contributed by atoms with Gasteiger partial charge in [0.1, 0.15) is 6.10 Å². The van der Waals surface area contributed by atoms with Crippen LogP contribution in [0, 0.1) is 5.41 Å². The van der Waals surface area contributed by atoms with E-state index in [0.29, 0.717) is 0 Å². The number of nitrogens with one attached hydrogen (secondary N) is 1. The summed E-state index contributed by atoms with van der Waals surface area (Å²) in [6, 6.07) is 8.42. The van der Waals surface area contributed by atoms with Gasteiger partial charge in [0.15, 0.2) is 5.78 Å². The quantitative estimate of drug-likeness (QED) is 0.803. The van der Waals surface area contributed by atoms with E-state index in [9.17, 15) is 4.79 Å². The first-order valence-corrected chi connectivity index (χ1v) is 8.99. The van der Waals surface area contributed by atoms with Gasteiger partial charge in [-0.3, -0.25) is 4.79 Å². The van der Waals surface area contributed by atoms with Crippen molar-refractivity contribution in [2.45, 2.75) is 71.1 Å². The second-order valence-corrected chi connectivity index (χ2v) is 8.37. The maximum absolute atomic E-state index is 11.9. The molecule has 0 saturated carbocycles. The minimum Gasteiger partial charge on any atom is -0.377 e. The summed E-state index contributed by atoms with van der Waals surface area (Å²) >= 11 is 0. The second kappa shape index (κ2) is 6.36. The fourth-order valence-corrected chi connectivity index (χ4v) is 3.88. The fraction of sp³-hybridized carbons (Fsp3) is 0.571. The molecule has 130 valence electrons. The van der Waals surface area contributed by atoms with E-state index in [1.807, 2.05) is 0 Å². The van der Waals surface area contributed by atoms with Crippen molar-refractivity contribution in [2.24, 2.45) is 5.41 Å². The highest BCUT2D eigenvalue weighted by atomic mass is 16.5. The van der Waals surface area contributed by atoms with Gasteiger partial charge in [-0.2, -0.15) is 0 Å². The van der Waals surface area contributed by atoms with Crippen molar-refractivity contribution in [1.82, 2.24) is 0 Å². The molecule has 3 atom stereocenters. The number of anilines is 1. The molecule has 3 rings (SSSR count). The summed E-state index contributed by atoms with van der Waals surface area (Å²) in [4.78, 5) is 11.9. The maximum atomic E-state index is 11.9. The Morgan fingerprint density at radius 3 is 2.75 bits per heavy atom. The third-order valence-electron chi connectivity index (χ3n) is 5.51. The van der Waals surface area contributed by atoms with E-state index in [4.69, 9.17) is 4.74 Å². The first-order valence-electron chi connectivity index (χ1n) is 8.99. The molecule has 0 aromatic heterocycles. The molecule has 2 aliphatic heterocycles. The summed E-state index contributed by atoms with van der Waals surface area (Å²) in [5, 5.41) is 3.76. The Morgan fingerprint density at radius 2 is 2.00 bits per heavy atom. The maximum Gasteiger partial charge on any atom is 0.158 e. The molecule has 1 aromatic rings. The van der Waals surface area contributed by atoms with Gasteiger partial charge >= 0.3 is 0 Å². The number of Topliss-reactive ketones (excluding diaryl/α,β-unsaturated/α-hetero) is 1. The Kier molecular flexibility index (Phi) is 4.56. The Morgan fingerprint density at radius 1 is 1.25 bits per heavy atom. The van der Waals surface area contributed by atoms with Gasteiger partial charge < -0.3 is 10.1 Å². The van der Waals surface area contributed by atoms with E-state index in [1.165, 1.54) is 5.56 Å². The van der Waals surface area contributed by atoms with Crippen LogP contribution in [0.1, 0.15) is 58.9 Å². The third-order valence-corrected chi connectivity index (χ3v) is 5.51. The molecule has 0 amide bonds. The summed E-state index contributed by atoms with van der Waals surface area (Å²) in [6.45, 7) is 8.45. The molecule has 2 heterocycles. The van der Waals surface area contributed by atoms with Crippen LogP contribution >= 0.6 is 0 Å². The SMILES string of the molecule is CC(=O)[C@@H]1CC[C@@]2(C)Nc3ccccc3/C=C\CC(C)(C)C[C@@H]2O1. The van der Waals surface area contributed by atoms with Crippen molar-refractivity contribution in [3.05, 3.63) is 35.9 Å². The van der Waals surface area contributed by atoms with Crippen molar-refractivity contribution >= 4 is 17.5 Å². The molecule has 1 saturated heterocycles. The highest BCUT2D eigenvalue weighted by Gasteiger charge is 2.44. The standard InChI is InChI=1S/C21H29NO2/c1-15(23)18-11-13-21(4)19(24-18)14-20(2,3)12-7-9-16-8-5-6-10-17(16)22-21/h5-10,18-19,22H,11-14H2,1-4H3/b9-7-/t18-,19-,21+/m0/s1. The van der Waals surface area contributed by atoms with Gasteiger partial charge in [-0.1, -0.05) is 44.2 Å². The zero-order valence-electron chi connectivity index (χ0n) is 15.3. The number of hydrogen-bond donors (Lipinski definition) is 1. The summed E-state index contributed by atoms with van der Waals surface area (Å²) in [5.41, 5.74) is 2.33. The minimum atomic E-state index is -0.255. The highest BCUT2D eigenvalue weighted by Crippen LogP contribution is 2.41. The molecule has 3 nitrogen and oxygen atoms in total. The Bertz CT molecular complexity index is 649. The van der Waals surface area contributed by atoms with Gasteiger partial charge in [-0.15, -0.1) is 0 Å². The molecule has 2 aliphatic rings. The number of para-hydroxylation sites is 1. The molecule has 0 aliphatic carbocycles. The van der Waals surface area contributed by atoms with Crippen LogP contribution in [-0.4, -0.2) is 23.5 Å². The second-order valence-electron chi connectivity index (χ2n) is 8.37. The van der Waals surface area contributed by atoms with E-state index in [-0.39, 0.29) is 28.9 Å². The van der Waals surface area contributed by atoms with Crippen LogP contribution in [0.2, 0.25) is 0 Å². The molecule has 0 bridgehead atoms. The molecular formula is C21H29NO2. The van der Waals surface area contributed by atoms with E-state index in [1.54, 1.807) is 6.92 Å². The van der Waals surface area contributed by atoms with Gasteiger partial charge in [0, 0.05) is 5.69 Å². The van der Waals surface area contributed by atoms with Crippen molar-refractivity contribution in [3.8, 4) is 0 Å². The predicted molar refractivity (Wildman–Crippen MR) is 99.1 cm³/mol. The lowest BCUT2D eigenvalue weighted by molar-refractivity contribution is -0.145. The van der Waals surface area contributed by atoms with Gasteiger partial charge in [0.2, 0.25) is 0 Å². The average Bonchev–Trinajstić information content (AvgIpc) is 2.50. The van der Waals surface area contributed by atoms with Crippen LogP contribution in [0.5, 0.6) is 0 Å². The molecule has 1 N–H and O–H groups in total. The summed E-state index contributed by atoms with van der Waals surface area (Å²) < 4.78 is 6.30. The Hall–Kier alpha value is -1.61. The minimum absolute atomic E-state index is 0.0229. The largest absolute Gasteiger partial charge is 0.377 e. The summed E-state index contributed by atoms with van der Waals surface area (Å²) in [5.74, 6) is 0.146. The number of ether oxygens (including phenoxy) is 1. The van der Waals surface area contributed by atoms with E-state index in [2.05, 4.69) is 62.5 Å². The van der Waals surface area contributed by atoms with Gasteiger partial charge in [-0.25, -0.2) is 0 Å². The molecular weight excluding hydrogens is 298 g/mol. The van der Waals surface area contributed by atoms with Crippen LogP contribution in [0.25, 0.3) is 6.08 Å². The molecule has 24 heavy (non-hydrogen) atoms. The number of ketones is 1. The average molecular weight is 327 g/mol. The van der Waals surface area contributed by atoms with E-state index in [0.717, 1.165) is 31.4 Å². The lowest BCUT2D eigenvalue weighted by Crippen LogP contribution is -2.55. The van der Waals surface area contributed by atoms with E-state index >= 15 is 0 Å². The van der Waals surface area contributed by atoms with Crippen molar-refractivity contribution < 1.29 is 9.53 Å². The normalized spacial score (nSPS) is 33.5. The number of carbonyl (C=O) groups is 1. The van der Waals surface area contributed by atoms with Crippen LogP contribution in [-0.2, 0) is 9.53 Å². The van der Waals surface area contributed by atoms with Crippen molar-refractivity contribution in [3.63, 3.8) is 0 Å². The van der Waals surface area contributed by atoms with Crippen molar-refractivity contribution in [1.29, 1.82) is 0 Å². The van der Waals surface area contributed by atoms with Crippen molar-refractivity contribution in [2.75, 3.05) is 5.32 Å². The van der Waals surface area contributed by atoms with Crippen LogP contribution in [0.4, 0.5) is 5.69 Å². The van der Waals surface area contributed by atoms with Gasteiger partial charge in [-0.05, 0) is 56.6 Å². The van der Waals surface area contributed by atoms with Gasteiger partial charge in [0.05, 0.1) is 11.6 Å². The number of allylic oxidation sites excluding steroid dienone is 1. The van der Waals surface area contributed by atoms with Gasteiger partial charge in [0.25, 0.3) is 0 Å². The van der Waals surface area contributed by atoms with Crippen LogP contribution < -0.4 is 5.32 Å². The summed E-state index contributed by atoms with van der Waals surface area (Å²) in [7, 11) is 0. The number of rotatable bonds is 1. The first kappa shape index (κ1) is 17.2. The lowest BCUT2D eigenvalue weighted by atomic mass is 9.74. The molecule has 0 spiro atoms. The molecule has 3 heteroatoms. The lowest BCUT2D eigenvalue weighted by Gasteiger charge is -2.47.